The molecule has 4 heteroatoms. The van der Waals surface area contributed by atoms with Crippen LogP contribution in [-0.4, -0.2) is 11.8 Å². The molecule has 0 heterocycles. The minimum Gasteiger partial charge on any atom is -0.344 e. The number of hydrogen-bond acceptors (Lipinski definition) is 2. The Labute approximate surface area is 143 Å². The molecule has 126 valence electrons. The third-order valence-corrected chi connectivity index (χ3v) is 3.77. The van der Waals surface area contributed by atoms with E-state index in [1.165, 1.54) is 5.56 Å². The fourth-order valence-corrected chi connectivity index (χ4v) is 2.41. The summed E-state index contributed by atoms with van der Waals surface area (Å²) in [7, 11) is 0. The van der Waals surface area contributed by atoms with E-state index in [1.54, 1.807) is 0 Å². The van der Waals surface area contributed by atoms with Crippen molar-refractivity contribution in [3.8, 4) is 0 Å². The van der Waals surface area contributed by atoms with E-state index in [4.69, 9.17) is 0 Å². The average molecular weight is 324 g/mol. The molecule has 2 aromatic carbocycles. The smallest absolute Gasteiger partial charge is 0.313 e. The quantitative estimate of drug-likeness (QED) is 0.798. The summed E-state index contributed by atoms with van der Waals surface area (Å²) < 4.78 is 0. The van der Waals surface area contributed by atoms with E-state index in [0.29, 0.717) is 12.2 Å². The molecule has 24 heavy (non-hydrogen) atoms. The van der Waals surface area contributed by atoms with Crippen LogP contribution in [0.3, 0.4) is 0 Å². The van der Waals surface area contributed by atoms with Crippen molar-refractivity contribution in [2.45, 2.75) is 39.7 Å². The van der Waals surface area contributed by atoms with Gasteiger partial charge in [-0.3, -0.25) is 9.59 Å². The second-order valence-corrected chi connectivity index (χ2v) is 5.93. The van der Waals surface area contributed by atoms with E-state index in [2.05, 4.69) is 17.6 Å². The highest BCUT2D eigenvalue weighted by atomic mass is 16.2. The van der Waals surface area contributed by atoms with Gasteiger partial charge in [0.05, 0.1) is 0 Å². The normalized spacial score (nSPS) is 10.2. The minimum atomic E-state index is -0.649. The number of anilines is 1. The zero-order valence-electron chi connectivity index (χ0n) is 14.3. The number of carbonyl (C=O) groups is 2. The van der Waals surface area contributed by atoms with Crippen molar-refractivity contribution in [2.24, 2.45) is 0 Å². The van der Waals surface area contributed by atoms with Crippen molar-refractivity contribution < 1.29 is 9.59 Å². The third kappa shape index (κ3) is 5.54. The second kappa shape index (κ2) is 8.87. The summed E-state index contributed by atoms with van der Waals surface area (Å²) in [4.78, 5) is 23.8. The molecular weight excluding hydrogens is 300 g/mol. The van der Waals surface area contributed by atoms with Crippen LogP contribution < -0.4 is 10.6 Å². The molecule has 0 aliphatic rings. The summed E-state index contributed by atoms with van der Waals surface area (Å²) in [5, 5.41) is 5.26. The van der Waals surface area contributed by atoms with Gasteiger partial charge >= 0.3 is 11.8 Å². The molecule has 2 rings (SSSR count). The molecule has 0 spiro atoms. The summed E-state index contributed by atoms with van der Waals surface area (Å²) in [5.74, 6) is -1.28. The molecule has 0 unspecified atom stereocenters. The lowest BCUT2D eigenvalue weighted by Gasteiger charge is -2.08. The van der Waals surface area contributed by atoms with Gasteiger partial charge in [-0.25, -0.2) is 0 Å². The zero-order valence-corrected chi connectivity index (χ0v) is 14.3. The van der Waals surface area contributed by atoms with Crippen LogP contribution >= 0.6 is 0 Å². The molecule has 2 amide bonds. The highest BCUT2D eigenvalue weighted by molar-refractivity contribution is 6.39. The van der Waals surface area contributed by atoms with Crippen LogP contribution in [0.5, 0.6) is 0 Å². The van der Waals surface area contributed by atoms with Gasteiger partial charge in [0.15, 0.2) is 0 Å². The molecule has 0 aliphatic carbocycles. The second-order valence-electron chi connectivity index (χ2n) is 5.93. The van der Waals surface area contributed by atoms with Crippen LogP contribution in [0.2, 0.25) is 0 Å². The number of hydrogen-bond donors (Lipinski definition) is 2. The van der Waals surface area contributed by atoms with Crippen LogP contribution in [0.4, 0.5) is 5.69 Å². The molecular formula is C20H24N2O2. The molecule has 0 saturated carbocycles. The van der Waals surface area contributed by atoms with E-state index >= 15 is 0 Å². The molecule has 0 fully saturated rings. The summed E-state index contributed by atoms with van der Waals surface area (Å²) >= 11 is 0. The van der Waals surface area contributed by atoms with Crippen molar-refractivity contribution in [1.29, 1.82) is 0 Å². The van der Waals surface area contributed by atoms with E-state index in [-0.39, 0.29) is 0 Å². The van der Waals surface area contributed by atoms with Crippen LogP contribution in [-0.2, 0) is 22.6 Å². The maximum atomic E-state index is 11.9. The molecule has 2 aromatic rings. The standard InChI is InChI=1S/C20H24N2O2/c1-3-4-7-16-9-11-18(12-10-16)22-20(24)19(23)21-14-17-8-5-6-15(2)13-17/h5-6,8-13H,3-4,7,14H2,1-2H3,(H,21,23)(H,22,24). The van der Waals surface area contributed by atoms with Gasteiger partial charge in [-0.1, -0.05) is 55.3 Å². The highest BCUT2D eigenvalue weighted by Gasteiger charge is 2.13. The molecule has 2 N–H and O–H groups in total. The van der Waals surface area contributed by atoms with Crippen molar-refractivity contribution in [3.63, 3.8) is 0 Å². The number of carbonyl (C=O) groups excluding carboxylic acids is 2. The zero-order chi connectivity index (χ0) is 17.4. The molecule has 0 aliphatic heterocycles. The molecule has 4 nitrogen and oxygen atoms in total. The van der Waals surface area contributed by atoms with Crippen molar-refractivity contribution in [3.05, 3.63) is 65.2 Å². The average Bonchev–Trinajstić information content (AvgIpc) is 2.59. The maximum absolute atomic E-state index is 11.9. The van der Waals surface area contributed by atoms with Crippen LogP contribution in [0.15, 0.2) is 48.5 Å². The first kappa shape index (κ1) is 17.7. The van der Waals surface area contributed by atoms with Crippen LogP contribution in [0.1, 0.15) is 36.5 Å². The van der Waals surface area contributed by atoms with E-state index in [9.17, 15) is 9.59 Å². The first-order chi connectivity index (χ1) is 11.6. The largest absolute Gasteiger partial charge is 0.344 e. The van der Waals surface area contributed by atoms with E-state index in [1.807, 2.05) is 55.5 Å². The molecule has 0 aromatic heterocycles. The number of amides is 2. The Balaban J connectivity index is 1.83. The fraction of sp³-hybridized carbons (Fsp3) is 0.300. The highest BCUT2D eigenvalue weighted by Crippen LogP contribution is 2.11. The topological polar surface area (TPSA) is 58.2 Å². The maximum Gasteiger partial charge on any atom is 0.313 e. The molecule has 0 atom stereocenters. The number of nitrogens with one attached hydrogen (secondary N) is 2. The lowest BCUT2D eigenvalue weighted by Crippen LogP contribution is -2.34. The SMILES string of the molecule is CCCCc1ccc(NC(=O)C(=O)NCc2cccc(C)c2)cc1. The van der Waals surface area contributed by atoms with Crippen LogP contribution in [0.25, 0.3) is 0 Å². The number of rotatable bonds is 6. The summed E-state index contributed by atoms with van der Waals surface area (Å²) in [6.07, 6.45) is 3.33. The fourth-order valence-electron chi connectivity index (χ4n) is 2.41. The van der Waals surface area contributed by atoms with Crippen molar-refractivity contribution >= 4 is 17.5 Å². The Morgan fingerprint density at radius 1 is 0.958 bits per heavy atom. The molecule has 0 bridgehead atoms. The van der Waals surface area contributed by atoms with Gasteiger partial charge in [-0.2, -0.15) is 0 Å². The van der Waals surface area contributed by atoms with Crippen molar-refractivity contribution in [2.75, 3.05) is 5.32 Å². The summed E-state index contributed by atoms with van der Waals surface area (Å²) in [6, 6.07) is 15.4. The lowest BCUT2D eigenvalue weighted by atomic mass is 10.1. The number of benzene rings is 2. The Kier molecular flexibility index (Phi) is 6.55. The monoisotopic (exact) mass is 324 g/mol. The first-order valence-corrected chi connectivity index (χ1v) is 8.32. The first-order valence-electron chi connectivity index (χ1n) is 8.32. The van der Waals surface area contributed by atoms with Crippen molar-refractivity contribution in [1.82, 2.24) is 5.32 Å². The molecule has 0 saturated heterocycles. The Bertz CT molecular complexity index is 693. The van der Waals surface area contributed by atoms with E-state index < -0.39 is 11.8 Å². The van der Waals surface area contributed by atoms with E-state index in [0.717, 1.165) is 30.4 Å². The van der Waals surface area contributed by atoms with Gasteiger partial charge in [0.1, 0.15) is 0 Å². The Hall–Kier alpha value is -2.62. The van der Waals surface area contributed by atoms with Crippen LogP contribution in [0, 0.1) is 6.92 Å². The van der Waals surface area contributed by atoms with Gasteiger partial charge in [0.25, 0.3) is 0 Å². The minimum absolute atomic E-state index is 0.337. The predicted octanol–water partition coefficient (Wildman–Crippen LogP) is 3.59. The summed E-state index contributed by atoms with van der Waals surface area (Å²) in [5.41, 5.74) is 3.95. The van der Waals surface area contributed by atoms with Gasteiger partial charge < -0.3 is 10.6 Å². The van der Waals surface area contributed by atoms with Gasteiger partial charge in [-0.15, -0.1) is 0 Å². The number of aryl methyl sites for hydroxylation is 2. The third-order valence-electron chi connectivity index (χ3n) is 3.77. The Morgan fingerprint density at radius 2 is 1.71 bits per heavy atom. The Morgan fingerprint density at radius 3 is 2.38 bits per heavy atom. The molecule has 0 radical (unpaired) electrons. The van der Waals surface area contributed by atoms with Gasteiger partial charge in [0, 0.05) is 12.2 Å². The number of unbranched alkanes of at least 4 members (excludes halogenated alkanes) is 1. The van der Waals surface area contributed by atoms with Gasteiger partial charge in [-0.05, 0) is 43.0 Å². The van der Waals surface area contributed by atoms with Gasteiger partial charge in [0.2, 0.25) is 0 Å². The lowest BCUT2D eigenvalue weighted by molar-refractivity contribution is -0.136. The predicted molar refractivity (Wildman–Crippen MR) is 96.7 cm³/mol. The summed E-state index contributed by atoms with van der Waals surface area (Å²) in [6.45, 7) is 4.48.